The van der Waals surface area contributed by atoms with Crippen LogP contribution >= 0.6 is 11.6 Å². The average molecular weight is 280 g/mol. The van der Waals surface area contributed by atoms with Gasteiger partial charge < -0.3 is 4.74 Å². The summed E-state index contributed by atoms with van der Waals surface area (Å²) in [5.41, 5.74) is 1.28. The zero-order valence-corrected chi connectivity index (χ0v) is 11.4. The summed E-state index contributed by atoms with van der Waals surface area (Å²) >= 11 is 5.52. The highest BCUT2D eigenvalue weighted by Crippen LogP contribution is 2.16. The molecule has 0 fully saturated rings. The smallest absolute Gasteiger partial charge is 0.338 e. The molecule has 5 heteroatoms. The van der Waals surface area contributed by atoms with Crippen molar-refractivity contribution in [2.45, 2.75) is 19.8 Å². The van der Waals surface area contributed by atoms with E-state index in [4.69, 9.17) is 21.6 Å². The van der Waals surface area contributed by atoms with Crippen LogP contribution in [0.1, 0.15) is 39.6 Å². The second-order valence-electron chi connectivity index (χ2n) is 3.79. The van der Waals surface area contributed by atoms with Gasteiger partial charge >= 0.3 is 5.97 Å². The third-order valence-electron chi connectivity index (χ3n) is 2.51. The molecule has 0 N–H and O–H groups in total. The van der Waals surface area contributed by atoms with Gasteiger partial charge in [0.2, 0.25) is 0 Å². The van der Waals surface area contributed by atoms with Crippen molar-refractivity contribution < 1.29 is 14.3 Å². The number of halogens is 1. The lowest BCUT2D eigenvalue weighted by Crippen LogP contribution is -2.10. The van der Waals surface area contributed by atoms with E-state index in [2.05, 4.69) is 0 Å². The summed E-state index contributed by atoms with van der Waals surface area (Å²) in [5, 5.41) is 8.78. The molecule has 0 aliphatic rings. The SMILES string of the molecule is CCOC(=O)c1ccc(C(=O)CCCl)cc1CC#N. The summed E-state index contributed by atoms with van der Waals surface area (Å²) < 4.78 is 4.91. The highest BCUT2D eigenvalue weighted by Gasteiger charge is 2.15. The van der Waals surface area contributed by atoms with Crippen LogP contribution in [0.2, 0.25) is 0 Å². The lowest BCUT2D eigenvalue weighted by Gasteiger charge is -2.08. The number of nitriles is 1. The van der Waals surface area contributed by atoms with Gasteiger partial charge in [0.25, 0.3) is 0 Å². The van der Waals surface area contributed by atoms with Crippen molar-refractivity contribution in [3.63, 3.8) is 0 Å². The number of nitrogens with zero attached hydrogens (tertiary/aromatic N) is 1. The molecule has 0 heterocycles. The van der Waals surface area contributed by atoms with Crippen molar-refractivity contribution in [2.24, 2.45) is 0 Å². The van der Waals surface area contributed by atoms with Gasteiger partial charge in [0.15, 0.2) is 5.78 Å². The van der Waals surface area contributed by atoms with Crippen molar-refractivity contribution in [2.75, 3.05) is 12.5 Å². The molecule has 0 atom stereocenters. The second kappa shape index (κ2) is 7.55. The van der Waals surface area contributed by atoms with Crippen LogP contribution in [0, 0.1) is 11.3 Å². The van der Waals surface area contributed by atoms with Crippen LogP contribution in [0.4, 0.5) is 0 Å². The fourth-order valence-corrected chi connectivity index (χ4v) is 1.81. The van der Waals surface area contributed by atoms with Crippen molar-refractivity contribution in [3.05, 3.63) is 34.9 Å². The molecule has 0 bridgehead atoms. The topological polar surface area (TPSA) is 67.2 Å². The van der Waals surface area contributed by atoms with Gasteiger partial charge in [-0.3, -0.25) is 4.79 Å². The van der Waals surface area contributed by atoms with Crippen LogP contribution in [-0.4, -0.2) is 24.2 Å². The van der Waals surface area contributed by atoms with Gasteiger partial charge in [-0.1, -0.05) is 6.07 Å². The molecule has 4 nitrogen and oxygen atoms in total. The van der Waals surface area contributed by atoms with Crippen molar-refractivity contribution in [3.8, 4) is 6.07 Å². The molecule has 1 rings (SSSR count). The molecule has 19 heavy (non-hydrogen) atoms. The number of rotatable bonds is 6. The van der Waals surface area contributed by atoms with Crippen LogP contribution in [0.25, 0.3) is 0 Å². The summed E-state index contributed by atoms with van der Waals surface area (Å²) in [7, 11) is 0. The molecule has 0 unspecified atom stereocenters. The van der Waals surface area contributed by atoms with Gasteiger partial charge in [-0.2, -0.15) is 5.26 Å². The molecule has 1 aromatic rings. The number of ketones is 1. The summed E-state index contributed by atoms with van der Waals surface area (Å²) in [6.45, 7) is 1.97. The van der Waals surface area contributed by atoms with Gasteiger partial charge in [0.05, 0.1) is 24.7 Å². The van der Waals surface area contributed by atoms with Crippen molar-refractivity contribution >= 4 is 23.4 Å². The van der Waals surface area contributed by atoms with E-state index in [1.165, 1.54) is 6.07 Å². The fraction of sp³-hybridized carbons (Fsp3) is 0.357. The lowest BCUT2D eigenvalue weighted by atomic mass is 9.99. The monoisotopic (exact) mass is 279 g/mol. The van der Waals surface area contributed by atoms with Gasteiger partial charge in [0.1, 0.15) is 0 Å². The van der Waals surface area contributed by atoms with Crippen LogP contribution in [0.5, 0.6) is 0 Å². The Kier molecular flexibility index (Phi) is 6.04. The molecule has 1 aromatic carbocycles. The minimum absolute atomic E-state index is 0.0517. The maximum Gasteiger partial charge on any atom is 0.338 e. The Hall–Kier alpha value is -1.86. The van der Waals surface area contributed by atoms with Crippen molar-refractivity contribution in [1.82, 2.24) is 0 Å². The summed E-state index contributed by atoms with van der Waals surface area (Å²) in [6, 6.07) is 6.61. The van der Waals surface area contributed by atoms with Gasteiger partial charge in [0, 0.05) is 17.9 Å². The zero-order valence-electron chi connectivity index (χ0n) is 10.6. The van der Waals surface area contributed by atoms with Crippen LogP contribution in [0.3, 0.4) is 0 Å². The van der Waals surface area contributed by atoms with E-state index in [1.807, 2.05) is 6.07 Å². The van der Waals surface area contributed by atoms with Crippen LogP contribution in [-0.2, 0) is 11.2 Å². The predicted octanol–water partition coefficient (Wildman–Crippen LogP) is 2.74. The third-order valence-corrected chi connectivity index (χ3v) is 2.70. The molecule has 0 amide bonds. The second-order valence-corrected chi connectivity index (χ2v) is 4.17. The molecule has 0 aromatic heterocycles. The molecule has 0 spiro atoms. The lowest BCUT2D eigenvalue weighted by molar-refractivity contribution is 0.0525. The van der Waals surface area contributed by atoms with E-state index >= 15 is 0 Å². The van der Waals surface area contributed by atoms with E-state index in [1.54, 1.807) is 19.1 Å². The number of esters is 1. The first-order chi connectivity index (χ1) is 9.13. The first-order valence-corrected chi connectivity index (χ1v) is 6.43. The van der Waals surface area contributed by atoms with Crippen molar-refractivity contribution in [1.29, 1.82) is 5.26 Å². The summed E-state index contributed by atoms with van der Waals surface area (Å²) in [4.78, 5) is 23.4. The first-order valence-electron chi connectivity index (χ1n) is 5.90. The Morgan fingerprint density at radius 2 is 2.16 bits per heavy atom. The molecule has 0 saturated carbocycles. The minimum Gasteiger partial charge on any atom is -0.462 e. The molecular weight excluding hydrogens is 266 g/mol. The Morgan fingerprint density at radius 3 is 2.74 bits per heavy atom. The minimum atomic E-state index is -0.482. The Morgan fingerprint density at radius 1 is 1.42 bits per heavy atom. The molecule has 0 radical (unpaired) electrons. The third kappa shape index (κ3) is 4.08. The summed E-state index contributed by atoms with van der Waals surface area (Å²) in [6.07, 6.45) is 0.280. The van der Waals surface area contributed by atoms with Gasteiger partial charge in [-0.25, -0.2) is 4.79 Å². The largest absolute Gasteiger partial charge is 0.462 e. The van der Waals surface area contributed by atoms with E-state index in [9.17, 15) is 9.59 Å². The van der Waals surface area contributed by atoms with E-state index in [0.29, 0.717) is 16.7 Å². The number of ether oxygens (including phenoxy) is 1. The fourth-order valence-electron chi connectivity index (χ4n) is 1.64. The van der Waals surface area contributed by atoms with Crippen LogP contribution in [0.15, 0.2) is 18.2 Å². The molecular formula is C14H14ClNO3. The van der Waals surface area contributed by atoms with E-state index in [0.717, 1.165) is 0 Å². The Labute approximate surface area is 116 Å². The highest BCUT2D eigenvalue weighted by molar-refractivity contribution is 6.19. The van der Waals surface area contributed by atoms with E-state index in [-0.39, 0.29) is 31.1 Å². The van der Waals surface area contributed by atoms with Gasteiger partial charge in [-0.15, -0.1) is 11.6 Å². The number of hydrogen-bond acceptors (Lipinski definition) is 4. The molecule has 0 aliphatic heterocycles. The number of carbonyl (C=O) groups is 2. The quantitative estimate of drug-likeness (QED) is 0.456. The summed E-state index contributed by atoms with van der Waals surface area (Å²) in [5.74, 6) is -0.347. The standard InChI is InChI=1S/C14H14ClNO3/c1-2-19-14(18)12-4-3-11(13(17)5-7-15)9-10(12)6-8-16/h3-4,9H,2,5-7H2,1H3. The number of carbonyl (C=O) groups excluding carboxylic acids is 2. The molecule has 100 valence electrons. The first kappa shape index (κ1) is 15.2. The maximum atomic E-state index is 11.7. The van der Waals surface area contributed by atoms with Crippen LogP contribution < -0.4 is 0 Å². The molecule has 0 aliphatic carbocycles. The number of benzene rings is 1. The van der Waals surface area contributed by atoms with Gasteiger partial charge in [-0.05, 0) is 24.6 Å². The normalized spacial score (nSPS) is 9.74. The highest BCUT2D eigenvalue weighted by atomic mass is 35.5. The number of alkyl halides is 1. The van der Waals surface area contributed by atoms with E-state index < -0.39 is 5.97 Å². The number of Topliss-reactive ketones (excluding diaryl/α,β-unsaturated/α-hetero) is 1. The Bertz CT molecular complexity index is 520. The Balaban J connectivity index is 3.11. The molecule has 0 saturated heterocycles. The maximum absolute atomic E-state index is 11.7. The number of hydrogen-bond donors (Lipinski definition) is 0. The zero-order chi connectivity index (χ0) is 14.3. The average Bonchev–Trinajstić information content (AvgIpc) is 2.39. The predicted molar refractivity (Wildman–Crippen MR) is 71.4 cm³/mol.